The molecule has 0 aromatic carbocycles. The lowest BCUT2D eigenvalue weighted by Crippen LogP contribution is -2.72. The molecule has 76 heavy (non-hydrogen) atoms. The molecule has 31 heteroatoms. The molecular weight excluding hydrogens is 1030 g/mol. The van der Waals surface area contributed by atoms with Gasteiger partial charge in [-0.3, -0.25) is 57.5 Å². The molecule has 3 aliphatic heterocycles. The average Bonchev–Trinajstić information content (AvgIpc) is 3.26. The number of carbonyl (C=O) groups excluding carboxylic acids is 12. The van der Waals surface area contributed by atoms with Crippen molar-refractivity contribution in [2.45, 2.75) is 187 Å². The molecule has 3 rings (SSSR count). The lowest BCUT2D eigenvalue weighted by molar-refractivity contribution is -0.385. The molecule has 0 spiro atoms. The van der Waals surface area contributed by atoms with E-state index < -0.39 is 201 Å². The summed E-state index contributed by atoms with van der Waals surface area (Å²) >= 11 is 0. The van der Waals surface area contributed by atoms with E-state index in [9.17, 15) is 67.4 Å². The van der Waals surface area contributed by atoms with Gasteiger partial charge in [0.05, 0.1) is 12.5 Å². The summed E-state index contributed by atoms with van der Waals surface area (Å²) in [4.78, 5) is 166. The van der Waals surface area contributed by atoms with Crippen molar-refractivity contribution in [2.75, 3.05) is 19.8 Å². The number of carboxylic acids is 1. The topological polar surface area (TPSA) is 402 Å². The van der Waals surface area contributed by atoms with Gasteiger partial charge in [0.1, 0.15) is 56.4 Å². The van der Waals surface area contributed by atoms with Crippen LogP contribution in [0.4, 0.5) is 0 Å². The number of carboxylic acid groups (broad SMARTS) is 1. The highest BCUT2D eigenvalue weighted by Gasteiger charge is 2.64. The van der Waals surface area contributed by atoms with Crippen LogP contribution in [0.15, 0.2) is 0 Å². The van der Waals surface area contributed by atoms with Gasteiger partial charge in [-0.2, -0.15) is 0 Å². The fraction of sp³-hybridized carbons (Fsp3) is 0.711. The number of amides is 1. The zero-order valence-electron chi connectivity index (χ0n) is 43.3. The maximum absolute atomic E-state index is 14.1. The van der Waals surface area contributed by atoms with Gasteiger partial charge in [-0.05, 0) is 0 Å². The number of rotatable bonds is 22. The van der Waals surface area contributed by atoms with Crippen molar-refractivity contribution in [3.8, 4) is 0 Å². The zero-order valence-corrected chi connectivity index (χ0v) is 43.3. The van der Waals surface area contributed by atoms with E-state index in [0.29, 0.717) is 0 Å². The Hall–Kier alpha value is -7.09. The van der Waals surface area contributed by atoms with Crippen LogP contribution in [-0.4, -0.2) is 200 Å². The predicted octanol–water partition coefficient (Wildman–Crippen LogP) is -1.94. The van der Waals surface area contributed by atoms with Crippen LogP contribution in [0.2, 0.25) is 0 Å². The molecule has 31 nitrogen and oxygen atoms in total. The van der Waals surface area contributed by atoms with E-state index in [-0.39, 0.29) is 0 Å². The average molecular weight is 1100 g/mol. The van der Waals surface area contributed by atoms with Gasteiger partial charge >= 0.3 is 71.6 Å². The lowest BCUT2D eigenvalue weighted by atomic mass is 9.87. The fourth-order valence-electron chi connectivity index (χ4n) is 8.13. The van der Waals surface area contributed by atoms with Crippen LogP contribution in [0.1, 0.15) is 89.5 Å². The first-order valence-electron chi connectivity index (χ1n) is 22.9. The summed E-state index contributed by atoms with van der Waals surface area (Å²) in [6, 6.07) is -1.78. The van der Waals surface area contributed by atoms with E-state index in [4.69, 9.17) is 75.8 Å². The Morgan fingerprint density at radius 2 is 0.947 bits per heavy atom. The van der Waals surface area contributed by atoms with Crippen LogP contribution >= 0.6 is 0 Å². The monoisotopic (exact) mass is 1100 g/mol. The van der Waals surface area contributed by atoms with Crippen LogP contribution in [0.25, 0.3) is 0 Å². The molecule has 16 atom stereocenters. The molecule has 0 saturated carbocycles. The molecule has 0 aromatic rings. The van der Waals surface area contributed by atoms with Crippen molar-refractivity contribution in [1.29, 1.82) is 0 Å². The minimum absolute atomic E-state index is 0.825. The second-order valence-electron chi connectivity index (χ2n) is 17.0. The normalized spacial score (nSPS) is 29.7. The van der Waals surface area contributed by atoms with E-state index in [0.717, 1.165) is 83.1 Å². The number of aliphatic carboxylic acids is 1. The largest absolute Gasteiger partial charge is 0.477 e. The molecule has 3 heterocycles. The summed E-state index contributed by atoms with van der Waals surface area (Å²) in [5.74, 6) is -18.3. The molecule has 0 bridgehead atoms. The van der Waals surface area contributed by atoms with Gasteiger partial charge in [-0.25, -0.2) is 4.79 Å². The Morgan fingerprint density at radius 3 is 1.39 bits per heavy atom. The van der Waals surface area contributed by atoms with Crippen LogP contribution < -0.4 is 5.32 Å². The SMILES string of the molecule is CC(=O)N[C@H]1[C@H]([C@H](OC(C)=O)[C@@H](COC(C)=O)OC(C)=O)O[C@@](O[C@H]2[C@@H](OC(C)=O)[C@@H](COC(C)=O)O[C@@H](O[C@H]3[C@H](OC(C)=O)[C@@H](OC(C)=O)C(OC(C)=O)O[C@@H]3COC(C)=O)[C@@H]2OC(C)=O)(C(=O)O)C[C@@H]1OC(C)=O. The Bertz CT molecular complexity index is 2200. The predicted molar refractivity (Wildman–Crippen MR) is 235 cm³/mol. The minimum Gasteiger partial charge on any atom is -0.477 e. The van der Waals surface area contributed by atoms with Crippen molar-refractivity contribution < 1.29 is 143 Å². The Labute approximate surface area is 432 Å². The smallest absolute Gasteiger partial charge is 0.364 e. The molecule has 0 radical (unpaired) electrons. The van der Waals surface area contributed by atoms with Gasteiger partial charge in [0.2, 0.25) is 18.3 Å². The summed E-state index contributed by atoms with van der Waals surface area (Å²) in [7, 11) is 0. The van der Waals surface area contributed by atoms with Crippen molar-refractivity contribution >= 4 is 77.5 Å². The molecule has 3 fully saturated rings. The standard InChI is InChI=1S/C45H61NO30/c1-17(47)46-33-29(64-21(5)51)13-45(44(59)60,75-37(33)34(66-23(7)53)30(65-22(6)52)14-61-18(2)48)76-39-36(67-24(8)54)32(16-63-20(4)50)73-43(41(39)70-27(11)57)74-35-31(15-62-19(3)49)72-42(71-28(12)58)40(69-26(10)56)38(35)68-25(9)55/h29-43H,13-16H2,1-12H3,(H,46,47)(H,59,60)/t29-,30+,31+,32+,33+,34+,35+,36-,37+,38-,39-,40+,41+,42?,43-,45-/m0/s1. The van der Waals surface area contributed by atoms with Crippen LogP contribution in [0.5, 0.6) is 0 Å². The summed E-state index contributed by atoms with van der Waals surface area (Å²) in [5, 5.41) is 13.8. The third kappa shape index (κ3) is 18.6. The number of carbonyl (C=O) groups is 13. The van der Waals surface area contributed by atoms with E-state index in [1.807, 2.05) is 0 Å². The maximum Gasteiger partial charge on any atom is 0.364 e. The number of esters is 11. The van der Waals surface area contributed by atoms with Gasteiger partial charge in [0.15, 0.2) is 36.8 Å². The first-order valence-corrected chi connectivity index (χ1v) is 22.9. The Morgan fingerprint density at radius 1 is 0.500 bits per heavy atom. The van der Waals surface area contributed by atoms with E-state index in [2.05, 4.69) is 5.32 Å². The second kappa shape index (κ2) is 28.2. The Kier molecular flexibility index (Phi) is 23.4. The van der Waals surface area contributed by atoms with Gasteiger partial charge in [0.25, 0.3) is 5.79 Å². The molecular formula is C45H61NO30. The fourth-order valence-corrected chi connectivity index (χ4v) is 8.13. The van der Waals surface area contributed by atoms with Gasteiger partial charge in [0, 0.05) is 83.1 Å². The number of ether oxygens (including phenoxy) is 16. The third-order valence-electron chi connectivity index (χ3n) is 10.5. The van der Waals surface area contributed by atoms with Gasteiger partial charge < -0.3 is 86.2 Å². The highest BCUT2D eigenvalue weighted by Crippen LogP contribution is 2.42. The zero-order chi connectivity index (χ0) is 57.5. The quantitative estimate of drug-likeness (QED) is 0.0879. The van der Waals surface area contributed by atoms with Crippen molar-refractivity contribution in [2.24, 2.45) is 0 Å². The van der Waals surface area contributed by atoms with Crippen LogP contribution in [0.3, 0.4) is 0 Å². The minimum atomic E-state index is -3.40. The molecule has 426 valence electrons. The molecule has 0 aromatic heterocycles. The molecule has 1 unspecified atom stereocenters. The molecule has 1 amide bonds. The summed E-state index contributed by atoms with van der Waals surface area (Å²) in [5.41, 5.74) is 0. The molecule has 3 aliphatic rings. The number of hydrogen-bond acceptors (Lipinski definition) is 29. The number of nitrogens with one attached hydrogen (secondary N) is 1. The second-order valence-corrected chi connectivity index (χ2v) is 17.0. The van der Waals surface area contributed by atoms with Crippen LogP contribution in [0, 0.1) is 0 Å². The maximum atomic E-state index is 14.1. The van der Waals surface area contributed by atoms with Gasteiger partial charge in [-0.1, -0.05) is 0 Å². The lowest BCUT2D eigenvalue weighted by Gasteiger charge is -2.52. The van der Waals surface area contributed by atoms with E-state index in [1.165, 1.54) is 0 Å². The molecule has 3 saturated heterocycles. The third-order valence-corrected chi connectivity index (χ3v) is 10.5. The summed E-state index contributed by atoms with van der Waals surface area (Å²) in [6.07, 6.45) is -29.9. The molecule has 0 aliphatic carbocycles. The number of hydrogen-bond donors (Lipinski definition) is 2. The van der Waals surface area contributed by atoms with Crippen molar-refractivity contribution in [1.82, 2.24) is 5.32 Å². The van der Waals surface area contributed by atoms with Crippen molar-refractivity contribution in [3.05, 3.63) is 0 Å². The highest BCUT2D eigenvalue weighted by atomic mass is 16.8. The van der Waals surface area contributed by atoms with Gasteiger partial charge in [-0.15, -0.1) is 0 Å². The van der Waals surface area contributed by atoms with Crippen LogP contribution in [-0.2, 0) is 138 Å². The highest BCUT2D eigenvalue weighted by molar-refractivity contribution is 5.77. The first kappa shape index (κ1) is 63.2. The first-order chi connectivity index (χ1) is 35.3. The van der Waals surface area contributed by atoms with E-state index >= 15 is 0 Å². The van der Waals surface area contributed by atoms with Crippen molar-refractivity contribution in [3.63, 3.8) is 0 Å². The van der Waals surface area contributed by atoms with E-state index in [1.54, 1.807) is 0 Å². The molecule has 2 N–H and O–H groups in total. The Balaban J connectivity index is 2.51. The summed E-state index contributed by atoms with van der Waals surface area (Å²) in [6.45, 7) is 8.25. The summed E-state index contributed by atoms with van der Waals surface area (Å²) < 4.78 is 90.6.